The number of nitro groups is 1. The third-order valence-electron chi connectivity index (χ3n) is 3.31. The van der Waals surface area contributed by atoms with E-state index in [0.29, 0.717) is 0 Å². The number of carbonyl (C=O) groups is 1. The molecule has 1 N–H and O–H groups in total. The van der Waals surface area contributed by atoms with E-state index in [-0.39, 0.29) is 17.8 Å². The summed E-state index contributed by atoms with van der Waals surface area (Å²) in [6.07, 6.45) is 2.08. The lowest BCUT2D eigenvalue weighted by Gasteiger charge is -2.20. The predicted molar refractivity (Wildman–Crippen MR) is 70.9 cm³/mol. The number of rotatable bonds is 3. The monoisotopic (exact) mass is 263 g/mol. The molecule has 0 spiro atoms. The van der Waals surface area contributed by atoms with Gasteiger partial charge in [-0.05, 0) is 25.3 Å². The number of nitro benzene ring substituents is 1. The first-order valence-electron chi connectivity index (χ1n) is 6.38. The van der Waals surface area contributed by atoms with Gasteiger partial charge in [0.2, 0.25) is 0 Å². The highest BCUT2D eigenvalue weighted by Gasteiger charge is 2.20. The van der Waals surface area contributed by atoms with Gasteiger partial charge in [0.1, 0.15) is 0 Å². The van der Waals surface area contributed by atoms with Crippen molar-refractivity contribution in [1.29, 1.82) is 0 Å². The van der Waals surface area contributed by atoms with Crippen molar-refractivity contribution in [2.75, 3.05) is 13.1 Å². The molecule has 2 amide bonds. The van der Waals surface area contributed by atoms with Crippen molar-refractivity contribution in [3.8, 4) is 0 Å². The summed E-state index contributed by atoms with van der Waals surface area (Å²) >= 11 is 0. The van der Waals surface area contributed by atoms with Crippen LogP contribution in [0.3, 0.4) is 0 Å². The quantitative estimate of drug-likeness (QED) is 0.672. The fraction of sp³-hybridized carbons (Fsp3) is 0.462. The molecule has 0 radical (unpaired) electrons. The molecular formula is C13H17N3O3. The van der Waals surface area contributed by atoms with Crippen LogP contribution in [-0.2, 0) is 0 Å². The van der Waals surface area contributed by atoms with Gasteiger partial charge in [0, 0.05) is 25.2 Å². The molecule has 0 saturated carbocycles. The molecule has 1 saturated heterocycles. The summed E-state index contributed by atoms with van der Waals surface area (Å²) in [5.41, 5.74) is 0.779. The molecule has 19 heavy (non-hydrogen) atoms. The number of likely N-dealkylation sites (tertiary alicyclic amines) is 1. The highest BCUT2D eigenvalue weighted by atomic mass is 16.6. The molecule has 0 aromatic heterocycles. The lowest BCUT2D eigenvalue weighted by molar-refractivity contribution is -0.384. The summed E-state index contributed by atoms with van der Waals surface area (Å²) in [4.78, 5) is 24.0. The zero-order valence-corrected chi connectivity index (χ0v) is 10.8. The Hall–Kier alpha value is -2.11. The van der Waals surface area contributed by atoms with Crippen LogP contribution in [0.25, 0.3) is 0 Å². The van der Waals surface area contributed by atoms with E-state index in [4.69, 9.17) is 0 Å². The molecule has 1 atom stereocenters. The number of hydrogen-bond donors (Lipinski definition) is 1. The zero-order valence-electron chi connectivity index (χ0n) is 10.8. The second-order valence-corrected chi connectivity index (χ2v) is 4.72. The van der Waals surface area contributed by atoms with Crippen LogP contribution < -0.4 is 5.32 Å². The third-order valence-corrected chi connectivity index (χ3v) is 3.31. The van der Waals surface area contributed by atoms with E-state index in [1.807, 2.05) is 6.92 Å². The minimum absolute atomic E-state index is 0.0415. The molecule has 1 aromatic rings. The minimum Gasteiger partial charge on any atom is -0.331 e. The van der Waals surface area contributed by atoms with E-state index < -0.39 is 4.92 Å². The van der Waals surface area contributed by atoms with Gasteiger partial charge in [0.05, 0.1) is 11.0 Å². The SMILES string of the molecule is CC(NC(=O)N1CCCC1)c1cccc([N+](=O)[O-])c1. The fourth-order valence-corrected chi connectivity index (χ4v) is 2.19. The number of non-ortho nitro benzene ring substituents is 1. The van der Waals surface area contributed by atoms with E-state index in [1.54, 1.807) is 17.0 Å². The molecule has 1 aliphatic heterocycles. The Kier molecular flexibility index (Phi) is 3.99. The maximum atomic E-state index is 11.9. The standard InChI is InChI=1S/C13H17N3O3/c1-10(14-13(17)15-7-2-3-8-15)11-5-4-6-12(9-11)16(18)19/h4-6,9-10H,2-3,7-8H2,1H3,(H,14,17). The van der Waals surface area contributed by atoms with Gasteiger partial charge in [-0.2, -0.15) is 0 Å². The van der Waals surface area contributed by atoms with Gasteiger partial charge in [-0.3, -0.25) is 10.1 Å². The molecule has 2 rings (SSSR count). The second-order valence-electron chi connectivity index (χ2n) is 4.72. The molecule has 1 heterocycles. The Morgan fingerprint density at radius 3 is 2.74 bits per heavy atom. The summed E-state index contributed by atoms with van der Waals surface area (Å²) in [5.74, 6) is 0. The smallest absolute Gasteiger partial charge is 0.317 e. The summed E-state index contributed by atoms with van der Waals surface area (Å²) < 4.78 is 0. The molecule has 0 aliphatic carbocycles. The van der Waals surface area contributed by atoms with Crippen molar-refractivity contribution in [2.45, 2.75) is 25.8 Å². The molecule has 1 aromatic carbocycles. The minimum atomic E-state index is -0.432. The predicted octanol–water partition coefficient (Wildman–Crippen LogP) is 2.46. The Bertz CT molecular complexity index is 484. The van der Waals surface area contributed by atoms with Crippen LogP contribution in [0.2, 0.25) is 0 Å². The van der Waals surface area contributed by atoms with E-state index >= 15 is 0 Å². The van der Waals surface area contributed by atoms with Crippen LogP contribution >= 0.6 is 0 Å². The first kappa shape index (κ1) is 13.3. The van der Waals surface area contributed by atoms with Crippen molar-refractivity contribution in [2.24, 2.45) is 0 Å². The van der Waals surface area contributed by atoms with Gasteiger partial charge >= 0.3 is 6.03 Å². The highest BCUT2D eigenvalue weighted by molar-refractivity contribution is 5.75. The maximum Gasteiger partial charge on any atom is 0.317 e. The van der Waals surface area contributed by atoms with Crippen LogP contribution in [0.1, 0.15) is 31.4 Å². The molecular weight excluding hydrogens is 246 g/mol. The number of benzene rings is 1. The van der Waals surface area contributed by atoms with E-state index in [2.05, 4.69) is 5.32 Å². The average molecular weight is 263 g/mol. The summed E-state index contributed by atoms with van der Waals surface area (Å²) in [7, 11) is 0. The number of urea groups is 1. The van der Waals surface area contributed by atoms with Crippen molar-refractivity contribution >= 4 is 11.7 Å². The number of hydrogen-bond acceptors (Lipinski definition) is 3. The largest absolute Gasteiger partial charge is 0.331 e. The normalized spacial score (nSPS) is 16.2. The van der Waals surface area contributed by atoms with Crippen LogP contribution in [0.4, 0.5) is 10.5 Å². The van der Waals surface area contributed by atoms with Crippen LogP contribution in [-0.4, -0.2) is 28.9 Å². The Balaban J connectivity index is 2.02. The zero-order chi connectivity index (χ0) is 13.8. The first-order chi connectivity index (χ1) is 9.08. The van der Waals surface area contributed by atoms with Gasteiger partial charge < -0.3 is 10.2 Å². The lowest BCUT2D eigenvalue weighted by atomic mass is 10.1. The number of nitrogens with one attached hydrogen (secondary N) is 1. The van der Waals surface area contributed by atoms with Gasteiger partial charge in [0.15, 0.2) is 0 Å². The maximum absolute atomic E-state index is 11.9. The van der Waals surface area contributed by atoms with Crippen LogP contribution in [0.5, 0.6) is 0 Å². The van der Waals surface area contributed by atoms with Gasteiger partial charge in [-0.25, -0.2) is 4.79 Å². The molecule has 1 fully saturated rings. The van der Waals surface area contributed by atoms with Crippen LogP contribution in [0, 0.1) is 10.1 Å². The average Bonchev–Trinajstić information content (AvgIpc) is 2.92. The summed E-state index contributed by atoms with van der Waals surface area (Å²) in [5, 5.41) is 13.6. The summed E-state index contributed by atoms with van der Waals surface area (Å²) in [6, 6.07) is 6.01. The molecule has 6 heteroatoms. The lowest BCUT2D eigenvalue weighted by Crippen LogP contribution is -2.39. The van der Waals surface area contributed by atoms with Crippen molar-refractivity contribution < 1.29 is 9.72 Å². The molecule has 6 nitrogen and oxygen atoms in total. The molecule has 1 unspecified atom stereocenters. The van der Waals surface area contributed by atoms with E-state index in [1.165, 1.54) is 12.1 Å². The first-order valence-corrected chi connectivity index (χ1v) is 6.38. The van der Waals surface area contributed by atoms with E-state index in [9.17, 15) is 14.9 Å². The van der Waals surface area contributed by atoms with Crippen molar-refractivity contribution in [1.82, 2.24) is 10.2 Å². The van der Waals surface area contributed by atoms with Crippen LogP contribution in [0.15, 0.2) is 24.3 Å². The fourth-order valence-electron chi connectivity index (χ4n) is 2.19. The number of carbonyl (C=O) groups excluding carboxylic acids is 1. The Morgan fingerprint density at radius 2 is 2.11 bits per heavy atom. The van der Waals surface area contributed by atoms with Gasteiger partial charge in [0.25, 0.3) is 5.69 Å². The third kappa shape index (κ3) is 3.21. The second kappa shape index (κ2) is 5.69. The molecule has 0 bridgehead atoms. The Morgan fingerprint density at radius 1 is 1.42 bits per heavy atom. The Labute approximate surface area is 111 Å². The topological polar surface area (TPSA) is 75.5 Å². The number of amides is 2. The number of nitrogens with zero attached hydrogens (tertiary/aromatic N) is 2. The highest BCUT2D eigenvalue weighted by Crippen LogP contribution is 2.19. The van der Waals surface area contributed by atoms with Crippen molar-refractivity contribution in [3.63, 3.8) is 0 Å². The molecule has 102 valence electrons. The molecule has 1 aliphatic rings. The van der Waals surface area contributed by atoms with Gasteiger partial charge in [-0.15, -0.1) is 0 Å². The summed E-state index contributed by atoms with van der Waals surface area (Å²) in [6.45, 7) is 3.40. The van der Waals surface area contributed by atoms with E-state index in [0.717, 1.165) is 31.5 Å². The van der Waals surface area contributed by atoms with Crippen molar-refractivity contribution in [3.05, 3.63) is 39.9 Å². The van der Waals surface area contributed by atoms with Gasteiger partial charge in [-0.1, -0.05) is 12.1 Å².